The zero-order chi connectivity index (χ0) is 45.7. The Bertz CT molecular complexity index is 1650. The van der Waals surface area contributed by atoms with E-state index in [1.165, 1.54) is 21.6 Å². The van der Waals surface area contributed by atoms with Crippen molar-refractivity contribution in [2.75, 3.05) is 19.0 Å². The van der Waals surface area contributed by atoms with Gasteiger partial charge in [-0.25, -0.2) is 4.79 Å². The molecule has 1 saturated heterocycles. The van der Waals surface area contributed by atoms with Crippen molar-refractivity contribution in [3.8, 4) is 0 Å². The molecule has 0 spiro atoms. The van der Waals surface area contributed by atoms with Gasteiger partial charge in [-0.1, -0.05) is 132 Å². The third kappa shape index (κ3) is 25.9. The van der Waals surface area contributed by atoms with Crippen molar-refractivity contribution in [2.24, 2.45) is 0 Å². The van der Waals surface area contributed by atoms with Crippen LogP contribution in [0.5, 0.6) is 0 Å². The predicted octanol–water partition coefficient (Wildman–Crippen LogP) is 10.2. The van der Waals surface area contributed by atoms with Crippen LogP contribution in [-0.4, -0.2) is 76.9 Å². The van der Waals surface area contributed by atoms with E-state index in [4.69, 9.17) is 14.2 Å². The Balaban J connectivity index is 1.91. The molecule has 2 atom stereocenters. The third-order valence-corrected chi connectivity index (χ3v) is 12.6. The normalized spacial score (nSPS) is 16.2. The summed E-state index contributed by atoms with van der Waals surface area (Å²) >= 11 is 0. The molecule has 1 aliphatic rings. The number of carbonyl (C=O) groups excluding carboxylic acids is 4. The van der Waals surface area contributed by atoms with Crippen LogP contribution in [0.25, 0.3) is 0 Å². The number of amides is 3. The maximum Gasteiger partial charge on any atom is 0.330 e. The van der Waals surface area contributed by atoms with E-state index in [2.05, 4.69) is 83.6 Å². The fourth-order valence-electron chi connectivity index (χ4n) is 5.91. The third-order valence-electron chi connectivity index (χ3n) is 9.25. The van der Waals surface area contributed by atoms with Gasteiger partial charge < -0.3 is 30.2 Å². The van der Waals surface area contributed by atoms with E-state index >= 15 is 0 Å². The zero-order valence-corrected chi connectivity index (χ0v) is 40.3. The Morgan fingerprint density at radius 1 is 0.758 bits per heavy atom. The standard InChI is InChI=1S/C50H75N3O7S2/c1-9-10-11-12-13-14-15-16-17-18-19-20-21-22-23-24-25-26-30-35-43(54)52-42(47(57)60-48(2,3)4)39-61-62-49(5,6)45(46(56)51-41-37-58-50(7,8)59-38-41)53-44(55)36-31-34-40-32-28-27-29-33-40/h10-11,13-14,16-17,19-20,22-23,25-29,32-33,41-42,45H,9,12,15,18,21,24,30-31,34-39H2,1-8H3,(H,51,56)(H,52,54)(H,53,55)/b11-10-,14-13-,17-16-,20-19-,23-22-,26-25-/t42-,45+/m0/s1. The average Bonchev–Trinajstić information content (AvgIpc) is 3.20. The molecule has 0 unspecified atom stereocenters. The topological polar surface area (TPSA) is 132 Å². The molecule has 0 saturated carbocycles. The largest absolute Gasteiger partial charge is 0.458 e. The van der Waals surface area contributed by atoms with Gasteiger partial charge in [0.1, 0.15) is 17.7 Å². The molecule has 2 rings (SSSR count). The highest BCUT2D eigenvalue weighted by molar-refractivity contribution is 8.77. The summed E-state index contributed by atoms with van der Waals surface area (Å²) in [6.45, 7) is 15.4. The van der Waals surface area contributed by atoms with Gasteiger partial charge in [-0.05, 0) is 112 Å². The first-order valence-corrected chi connectivity index (χ1v) is 24.5. The Kier molecular flexibility index (Phi) is 26.5. The lowest BCUT2D eigenvalue weighted by Crippen LogP contribution is -2.60. The summed E-state index contributed by atoms with van der Waals surface area (Å²) in [4.78, 5) is 53.5. The molecule has 3 N–H and O–H groups in total. The number of carbonyl (C=O) groups is 4. The van der Waals surface area contributed by atoms with E-state index in [1.54, 1.807) is 20.8 Å². The van der Waals surface area contributed by atoms with Crippen molar-refractivity contribution in [3.05, 3.63) is 109 Å². The molecule has 1 fully saturated rings. The molecule has 0 aliphatic carbocycles. The summed E-state index contributed by atoms with van der Waals surface area (Å²) in [5.74, 6) is -1.94. The fraction of sp³-hybridized carbons (Fsp3) is 0.560. The molecule has 344 valence electrons. The van der Waals surface area contributed by atoms with Crippen LogP contribution < -0.4 is 16.0 Å². The summed E-state index contributed by atoms with van der Waals surface area (Å²) in [7, 11) is 2.70. The lowest BCUT2D eigenvalue weighted by Gasteiger charge is -2.37. The molecule has 1 aromatic carbocycles. The molecule has 0 aromatic heterocycles. The van der Waals surface area contributed by atoms with Gasteiger partial charge in [-0.15, -0.1) is 0 Å². The van der Waals surface area contributed by atoms with Crippen LogP contribution >= 0.6 is 21.6 Å². The van der Waals surface area contributed by atoms with Crippen LogP contribution in [0.3, 0.4) is 0 Å². The van der Waals surface area contributed by atoms with Crippen LogP contribution in [0.1, 0.15) is 125 Å². The quantitative estimate of drug-likeness (QED) is 0.0427. The van der Waals surface area contributed by atoms with E-state index in [9.17, 15) is 19.2 Å². The molecule has 3 amide bonds. The van der Waals surface area contributed by atoms with Crippen molar-refractivity contribution in [3.63, 3.8) is 0 Å². The average molecular weight is 894 g/mol. The summed E-state index contributed by atoms with van der Waals surface area (Å²) < 4.78 is 16.4. The highest BCUT2D eigenvalue weighted by atomic mass is 33.1. The fourth-order valence-corrected chi connectivity index (χ4v) is 8.71. The second-order valence-electron chi connectivity index (χ2n) is 17.1. The van der Waals surface area contributed by atoms with E-state index in [0.717, 1.165) is 50.5 Å². The Morgan fingerprint density at radius 2 is 1.27 bits per heavy atom. The van der Waals surface area contributed by atoms with E-state index in [1.807, 2.05) is 70.2 Å². The number of hydrogen-bond acceptors (Lipinski definition) is 9. The van der Waals surface area contributed by atoms with Gasteiger partial charge in [0, 0.05) is 23.3 Å². The summed E-state index contributed by atoms with van der Waals surface area (Å²) in [6, 6.07) is 7.73. The lowest BCUT2D eigenvalue weighted by atomic mass is 10.0. The van der Waals surface area contributed by atoms with Gasteiger partial charge in [0.25, 0.3) is 0 Å². The zero-order valence-electron chi connectivity index (χ0n) is 38.6. The van der Waals surface area contributed by atoms with E-state index in [0.29, 0.717) is 12.8 Å². The number of benzene rings is 1. The molecule has 1 heterocycles. The minimum absolute atomic E-state index is 0.188. The first-order chi connectivity index (χ1) is 29.5. The molecular formula is C50H75N3O7S2. The van der Waals surface area contributed by atoms with Crippen molar-refractivity contribution in [1.82, 2.24) is 16.0 Å². The number of allylic oxidation sites excluding steroid dienone is 12. The second-order valence-corrected chi connectivity index (χ2v) is 20.1. The van der Waals surface area contributed by atoms with E-state index in [-0.39, 0.29) is 55.6 Å². The summed E-state index contributed by atoms with van der Waals surface area (Å²) in [6.07, 6.45) is 33.7. The first-order valence-electron chi connectivity index (χ1n) is 22.2. The summed E-state index contributed by atoms with van der Waals surface area (Å²) in [5.41, 5.74) is 0.390. The number of hydrogen-bond donors (Lipinski definition) is 3. The maximum absolute atomic E-state index is 13.9. The maximum atomic E-state index is 13.9. The van der Waals surface area contributed by atoms with Gasteiger partial charge in [-0.3, -0.25) is 14.4 Å². The smallest absolute Gasteiger partial charge is 0.330 e. The molecule has 1 aliphatic heterocycles. The van der Waals surface area contributed by atoms with Gasteiger partial charge in [-0.2, -0.15) is 0 Å². The van der Waals surface area contributed by atoms with E-state index < -0.39 is 34.2 Å². The Labute approximate surface area is 381 Å². The first kappa shape index (κ1) is 54.3. The minimum atomic E-state index is -0.921. The number of aryl methyl sites for hydroxylation is 1. The molecular weight excluding hydrogens is 819 g/mol. The van der Waals surface area contributed by atoms with Crippen LogP contribution in [0.15, 0.2) is 103 Å². The number of ether oxygens (including phenoxy) is 3. The van der Waals surface area contributed by atoms with Crippen LogP contribution in [0.2, 0.25) is 0 Å². The number of rotatable bonds is 28. The minimum Gasteiger partial charge on any atom is -0.458 e. The van der Waals surface area contributed by atoms with Gasteiger partial charge in [0.05, 0.1) is 19.3 Å². The molecule has 0 bridgehead atoms. The van der Waals surface area contributed by atoms with Crippen LogP contribution in [0, 0.1) is 0 Å². The van der Waals surface area contributed by atoms with Crippen molar-refractivity contribution in [2.45, 2.75) is 160 Å². The number of nitrogens with one attached hydrogen (secondary N) is 3. The molecule has 10 nitrogen and oxygen atoms in total. The molecule has 1 aromatic rings. The molecule has 12 heteroatoms. The van der Waals surface area contributed by atoms with Gasteiger partial charge >= 0.3 is 5.97 Å². The van der Waals surface area contributed by atoms with Gasteiger partial charge in [0.2, 0.25) is 17.7 Å². The molecule has 62 heavy (non-hydrogen) atoms. The lowest BCUT2D eigenvalue weighted by molar-refractivity contribution is -0.252. The Morgan fingerprint density at radius 3 is 1.81 bits per heavy atom. The van der Waals surface area contributed by atoms with Crippen LogP contribution in [0.4, 0.5) is 0 Å². The Hall–Kier alpha value is -3.84. The van der Waals surface area contributed by atoms with Crippen molar-refractivity contribution in [1.29, 1.82) is 0 Å². The summed E-state index contributed by atoms with van der Waals surface area (Å²) in [5, 5.41) is 8.87. The van der Waals surface area contributed by atoms with Gasteiger partial charge in [0.15, 0.2) is 5.79 Å². The monoisotopic (exact) mass is 894 g/mol. The second kappa shape index (κ2) is 30.3. The predicted molar refractivity (Wildman–Crippen MR) is 259 cm³/mol. The van der Waals surface area contributed by atoms with Crippen molar-refractivity contribution < 1.29 is 33.4 Å². The molecule has 0 radical (unpaired) electrons. The highest BCUT2D eigenvalue weighted by Gasteiger charge is 2.40. The van der Waals surface area contributed by atoms with Crippen molar-refractivity contribution >= 4 is 45.3 Å². The number of esters is 1. The highest BCUT2D eigenvalue weighted by Crippen LogP contribution is 2.39. The SMILES string of the molecule is CC/C=C\C/C=C\C/C=C\C/C=C\C/C=C\C/C=C\CCC(=O)N[C@@H](CSSC(C)(C)[C@H](NC(=O)CCCc1ccccc1)C(=O)NC1COC(C)(C)OC1)C(=O)OC(C)(C)C. The van der Waals surface area contributed by atoms with Crippen LogP contribution in [-0.2, 0) is 39.8 Å².